The van der Waals surface area contributed by atoms with Crippen LogP contribution in [0.25, 0.3) is 11.3 Å². The SMILES string of the molecule is CC[C@@H](C)c1nc2c(n1CCCCl)C(=O)C(=O)c1ccccc1-2. The molecule has 1 aromatic heterocycles. The van der Waals surface area contributed by atoms with Crippen LogP contribution in [0.4, 0.5) is 0 Å². The van der Waals surface area contributed by atoms with Crippen LogP contribution in [0, 0.1) is 0 Å². The van der Waals surface area contributed by atoms with Crippen LogP contribution in [0.2, 0.25) is 0 Å². The van der Waals surface area contributed by atoms with E-state index in [4.69, 9.17) is 16.6 Å². The number of benzene rings is 1. The largest absolute Gasteiger partial charge is 0.324 e. The number of rotatable bonds is 5. The first-order valence-electron chi connectivity index (χ1n) is 7.94. The van der Waals surface area contributed by atoms with Gasteiger partial charge in [-0.1, -0.05) is 38.1 Å². The van der Waals surface area contributed by atoms with Crippen molar-refractivity contribution in [2.24, 2.45) is 0 Å². The van der Waals surface area contributed by atoms with E-state index < -0.39 is 11.6 Å². The van der Waals surface area contributed by atoms with Crippen molar-refractivity contribution in [3.05, 3.63) is 41.3 Å². The third-order valence-corrected chi connectivity index (χ3v) is 4.68. The zero-order chi connectivity index (χ0) is 16.6. The quantitative estimate of drug-likeness (QED) is 0.613. The average Bonchev–Trinajstić information content (AvgIpc) is 2.96. The molecule has 1 heterocycles. The van der Waals surface area contributed by atoms with Gasteiger partial charge in [0.15, 0.2) is 0 Å². The van der Waals surface area contributed by atoms with Crippen LogP contribution in [0.5, 0.6) is 0 Å². The summed E-state index contributed by atoms with van der Waals surface area (Å²) in [7, 11) is 0. The summed E-state index contributed by atoms with van der Waals surface area (Å²) in [6.07, 6.45) is 1.65. The van der Waals surface area contributed by atoms with Crippen molar-refractivity contribution < 1.29 is 9.59 Å². The fraction of sp³-hybridized carbons (Fsp3) is 0.389. The Morgan fingerprint density at radius 1 is 1.17 bits per heavy atom. The molecule has 0 bridgehead atoms. The third kappa shape index (κ3) is 2.51. The molecule has 4 nitrogen and oxygen atoms in total. The van der Waals surface area contributed by atoms with Gasteiger partial charge in [0.25, 0.3) is 5.78 Å². The fourth-order valence-corrected chi connectivity index (χ4v) is 3.13. The Kier molecular flexibility index (Phi) is 4.35. The van der Waals surface area contributed by atoms with E-state index in [0.29, 0.717) is 29.4 Å². The molecule has 0 saturated heterocycles. The van der Waals surface area contributed by atoms with Gasteiger partial charge in [0.2, 0.25) is 5.78 Å². The summed E-state index contributed by atoms with van der Waals surface area (Å²) in [5.74, 6) is 0.670. The number of imidazole rings is 1. The molecule has 2 aromatic rings. The topological polar surface area (TPSA) is 52.0 Å². The maximum absolute atomic E-state index is 12.6. The number of halogens is 1. The van der Waals surface area contributed by atoms with Gasteiger partial charge in [-0.3, -0.25) is 9.59 Å². The predicted molar refractivity (Wildman–Crippen MR) is 90.4 cm³/mol. The number of ketones is 2. The van der Waals surface area contributed by atoms with E-state index in [-0.39, 0.29) is 5.92 Å². The van der Waals surface area contributed by atoms with Gasteiger partial charge in [0, 0.05) is 29.5 Å². The number of Topliss-reactive ketones (excluding diaryl/α,β-unsaturated/α-hetero) is 2. The van der Waals surface area contributed by atoms with Crippen LogP contribution < -0.4 is 0 Å². The van der Waals surface area contributed by atoms with E-state index >= 15 is 0 Å². The summed E-state index contributed by atoms with van der Waals surface area (Å²) in [4.78, 5) is 29.8. The molecule has 3 rings (SSSR count). The Morgan fingerprint density at radius 3 is 2.52 bits per heavy atom. The number of carbonyl (C=O) groups excluding carboxylic acids is 2. The molecule has 5 heteroatoms. The predicted octanol–water partition coefficient (Wildman–Crippen LogP) is 4.07. The lowest BCUT2D eigenvalue weighted by atomic mass is 9.90. The zero-order valence-electron chi connectivity index (χ0n) is 13.3. The highest BCUT2D eigenvalue weighted by atomic mass is 35.5. The van der Waals surface area contributed by atoms with Crippen LogP contribution in [-0.2, 0) is 6.54 Å². The lowest BCUT2D eigenvalue weighted by Crippen LogP contribution is -2.24. The average molecular weight is 331 g/mol. The minimum atomic E-state index is -0.463. The number of nitrogens with zero attached hydrogens (tertiary/aromatic N) is 2. The number of aromatic nitrogens is 2. The molecule has 0 radical (unpaired) electrons. The van der Waals surface area contributed by atoms with Crippen molar-refractivity contribution >= 4 is 23.2 Å². The maximum atomic E-state index is 12.6. The minimum Gasteiger partial charge on any atom is -0.324 e. The van der Waals surface area contributed by atoms with Crippen molar-refractivity contribution in [3.8, 4) is 11.3 Å². The Balaban J connectivity index is 2.25. The second kappa shape index (κ2) is 6.28. The summed E-state index contributed by atoms with van der Waals surface area (Å²) in [6.45, 7) is 4.78. The van der Waals surface area contributed by atoms with E-state index in [9.17, 15) is 9.59 Å². The number of alkyl halides is 1. The highest BCUT2D eigenvalue weighted by molar-refractivity contribution is 6.52. The molecule has 0 N–H and O–H groups in total. The van der Waals surface area contributed by atoms with Gasteiger partial charge in [-0.05, 0) is 12.8 Å². The number of fused-ring (bicyclic) bond motifs is 3. The number of carbonyl (C=O) groups is 2. The van der Waals surface area contributed by atoms with Crippen LogP contribution in [0.3, 0.4) is 0 Å². The fourth-order valence-electron chi connectivity index (χ4n) is 3.01. The van der Waals surface area contributed by atoms with Gasteiger partial charge in [-0.25, -0.2) is 4.98 Å². The van der Waals surface area contributed by atoms with Crippen LogP contribution >= 0.6 is 11.6 Å². The van der Waals surface area contributed by atoms with E-state index in [1.54, 1.807) is 12.1 Å². The Labute approximate surface area is 140 Å². The third-order valence-electron chi connectivity index (χ3n) is 4.41. The first kappa shape index (κ1) is 15.9. The molecule has 0 aliphatic heterocycles. The number of hydrogen-bond acceptors (Lipinski definition) is 3. The summed E-state index contributed by atoms with van der Waals surface area (Å²) in [5.41, 5.74) is 2.26. The van der Waals surface area contributed by atoms with Crippen molar-refractivity contribution in [2.45, 2.75) is 39.2 Å². The number of hydrogen-bond donors (Lipinski definition) is 0. The van der Waals surface area contributed by atoms with E-state index in [1.165, 1.54) is 0 Å². The van der Waals surface area contributed by atoms with Crippen LogP contribution in [-0.4, -0.2) is 27.0 Å². The summed E-state index contributed by atoms with van der Waals surface area (Å²) in [6, 6.07) is 7.19. The standard InChI is InChI=1S/C18H19ClN2O2/c1-3-11(2)18-20-14-12-7-4-5-8-13(12)16(22)17(23)15(14)21(18)10-6-9-19/h4-5,7-8,11H,3,6,9-10H2,1-2H3/t11-/m1/s1. The molecular formula is C18H19ClN2O2. The highest BCUT2D eigenvalue weighted by Crippen LogP contribution is 2.35. The summed E-state index contributed by atoms with van der Waals surface area (Å²) < 4.78 is 1.90. The van der Waals surface area contributed by atoms with Gasteiger partial charge in [-0.15, -0.1) is 11.6 Å². The van der Waals surface area contributed by atoms with Crippen molar-refractivity contribution in [1.82, 2.24) is 9.55 Å². The Hall–Kier alpha value is -1.94. The smallest absolute Gasteiger partial charge is 0.252 e. The van der Waals surface area contributed by atoms with Crippen molar-refractivity contribution in [2.75, 3.05) is 5.88 Å². The lowest BCUT2D eigenvalue weighted by Gasteiger charge is -2.17. The van der Waals surface area contributed by atoms with E-state index in [0.717, 1.165) is 24.2 Å². The van der Waals surface area contributed by atoms with Gasteiger partial charge >= 0.3 is 0 Å². The molecule has 0 saturated carbocycles. The molecule has 1 aromatic carbocycles. The van der Waals surface area contributed by atoms with Gasteiger partial charge in [0.1, 0.15) is 17.2 Å². The van der Waals surface area contributed by atoms with Crippen molar-refractivity contribution in [3.63, 3.8) is 0 Å². The normalized spacial score (nSPS) is 14.6. The summed E-state index contributed by atoms with van der Waals surface area (Å²) >= 11 is 5.83. The molecule has 1 aliphatic carbocycles. The lowest BCUT2D eigenvalue weighted by molar-refractivity contribution is 0.0809. The molecule has 1 atom stereocenters. The molecule has 120 valence electrons. The van der Waals surface area contributed by atoms with Crippen LogP contribution in [0.15, 0.2) is 24.3 Å². The molecule has 0 unspecified atom stereocenters. The molecule has 0 fully saturated rings. The van der Waals surface area contributed by atoms with Crippen LogP contribution in [0.1, 0.15) is 59.3 Å². The minimum absolute atomic E-state index is 0.214. The molecule has 23 heavy (non-hydrogen) atoms. The van der Waals surface area contributed by atoms with E-state index in [1.807, 2.05) is 16.7 Å². The summed E-state index contributed by atoms with van der Waals surface area (Å²) in [5, 5.41) is 0. The molecule has 0 amide bonds. The molecule has 0 spiro atoms. The van der Waals surface area contributed by atoms with Gasteiger partial charge < -0.3 is 4.57 Å². The highest BCUT2D eigenvalue weighted by Gasteiger charge is 2.36. The molecule has 1 aliphatic rings. The Bertz CT molecular complexity index is 779. The zero-order valence-corrected chi connectivity index (χ0v) is 14.1. The van der Waals surface area contributed by atoms with Gasteiger partial charge in [-0.2, -0.15) is 0 Å². The first-order valence-corrected chi connectivity index (χ1v) is 8.48. The second-order valence-electron chi connectivity index (χ2n) is 5.87. The second-order valence-corrected chi connectivity index (χ2v) is 6.25. The van der Waals surface area contributed by atoms with Crippen molar-refractivity contribution in [1.29, 1.82) is 0 Å². The van der Waals surface area contributed by atoms with E-state index in [2.05, 4.69) is 13.8 Å². The molecular weight excluding hydrogens is 312 g/mol. The Morgan fingerprint density at radius 2 is 1.87 bits per heavy atom. The monoisotopic (exact) mass is 330 g/mol. The first-order chi connectivity index (χ1) is 11.1. The van der Waals surface area contributed by atoms with Gasteiger partial charge in [0.05, 0.1) is 0 Å². The maximum Gasteiger partial charge on any atom is 0.252 e.